The number of hydrogen-bond acceptors (Lipinski definition) is 5. The molecular weight excluding hydrogens is 647 g/mol. The van der Waals surface area contributed by atoms with Crippen LogP contribution in [-0.4, -0.2) is 59.3 Å². The second-order valence-electron chi connectivity index (χ2n) is 6.69. The third-order valence-electron chi connectivity index (χ3n) is 3.86. The molecule has 0 saturated carbocycles. The lowest BCUT2D eigenvalue weighted by molar-refractivity contribution is -0.543. The summed E-state index contributed by atoms with van der Waals surface area (Å²) in [5.74, 6) is -17.3. The number of benzene rings is 1. The first kappa shape index (κ1) is 34.8. The van der Waals surface area contributed by atoms with Crippen molar-refractivity contribution in [2.24, 2.45) is 0 Å². The highest BCUT2D eigenvalue weighted by Gasteiger charge is 2.84. The fourth-order valence-electron chi connectivity index (χ4n) is 2.05. The Morgan fingerprint density at radius 1 is 0.667 bits per heavy atom. The average molecular weight is 651 g/mol. The highest BCUT2D eigenvalue weighted by atomic mass is 35.5. The number of carbonyl (C=O) groups excluding carboxylic acids is 2. The topological polar surface area (TPSA) is 61.8 Å². The summed E-state index contributed by atoms with van der Waals surface area (Å²) in [6, 6.07) is 0.743. The highest BCUT2D eigenvalue weighted by Crippen LogP contribution is 2.55. The maximum Gasteiger partial charge on any atom is 0.462 e. The molecule has 0 aliphatic carbocycles. The van der Waals surface area contributed by atoms with Crippen LogP contribution in [0.1, 0.15) is 20.7 Å². The number of alkyl halides is 16. The zero-order valence-electron chi connectivity index (χ0n) is 17.2. The number of ether oxygens (including phenoxy) is 3. The Morgan fingerprint density at radius 3 is 1.41 bits per heavy atom. The lowest BCUT2D eigenvalue weighted by Crippen LogP contribution is -2.66. The van der Waals surface area contributed by atoms with Gasteiger partial charge in [-0.3, -0.25) is 19.1 Å². The summed E-state index contributed by atoms with van der Waals surface area (Å²) >= 11 is 9.99. The molecule has 0 N–H and O–H groups in total. The number of halogens is 18. The fraction of sp³-hybridized carbons (Fsp3) is 0.500. The first-order valence-electron chi connectivity index (χ1n) is 8.62. The van der Waals surface area contributed by atoms with Gasteiger partial charge in [-0.05, 0) is 41.4 Å². The Bertz CT molecular complexity index is 1060. The van der Waals surface area contributed by atoms with E-state index in [4.69, 9.17) is 23.2 Å². The molecule has 0 radical (unpaired) electrons. The lowest BCUT2D eigenvalue weighted by Gasteiger charge is -2.38. The average Bonchev–Trinajstić information content (AvgIpc) is 2.70. The van der Waals surface area contributed by atoms with Gasteiger partial charge in [-0.15, -0.1) is 0 Å². The maximum atomic E-state index is 14.0. The molecule has 5 nitrogen and oxygen atoms in total. The number of hydrogen-bond donors (Lipinski definition) is 0. The lowest BCUT2D eigenvalue weighted by atomic mass is 10.1. The first-order chi connectivity index (χ1) is 17.0. The van der Waals surface area contributed by atoms with Crippen molar-refractivity contribution in [3.05, 3.63) is 29.3 Å². The monoisotopic (exact) mass is 650 g/mol. The van der Waals surface area contributed by atoms with E-state index in [2.05, 4.69) is 9.47 Å². The van der Waals surface area contributed by atoms with Gasteiger partial charge in [0.2, 0.25) is 0 Å². The van der Waals surface area contributed by atoms with Gasteiger partial charge >= 0.3 is 48.8 Å². The zero-order chi connectivity index (χ0) is 31.2. The van der Waals surface area contributed by atoms with Gasteiger partial charge in [-0.1, -0.05) is 0 Å². The van der Waals surface area contributed by atoms with Gasteiger partial charge < -0.3 is 4.74 Å². The van der Waals surface area contributed by atoms with Gasteiger partial charge in [0.15, 0.2) is 0 Å². The van der Waals surface area contributed by atoms with Crippen LogP contribution in [0.4, 0.5) is 70.2 Å². The highest BCUT2D eigenvalue weighted by molar-refractivity contribution is 6.69. The smallest absolute Gasteiger partial charge is 0.428 e. The van der Waals surface area contributed by atoms with Crippen LogP contribution in [-0.2, 0) is 9.47 Å². The van der Waals surface area contributed by atoms with Crippen molar-refractivity contribution in [1.82, 2.24) is 0 Å². The van der Waals surface area contributed by atoms with Crippen molar-refractivity contribution < 1.29 is 94.0 Å². The second-order valence-corrected chi connectivity index (χ2v) is 7.38. The van der Waals surface area contributed by atoms with Crippen molar-refractivity contribution >= 4 is 33.7 Å². The van der Waals surface area contributed by atoms with Crippen molar-refractivity contribution in [2.75, 3.05) is 0 Å². The van der Waals surface area contributed by atoms with Crippen LogP contribution in [0.5, 0.6) is 5.75 Å². The largest absolute Gasteiger partial charge is 0.462 e. The van der Waals surface area contributed by atoms with Crippen LogP contribution in [0.3, 0.4) is 0 Å². The Morgan fingerprint density at radius 2 is 1.08 bits per heavy atom. The normalized spacial score (nSPS) is 16.5. The summed E-state index contributed by atoms with van der Waals surface area (Å²) in [6.07, 6.45) is -42.3. The molecule has 1 rings (SSSR count). The van der Waals surface area contributed by atoms with Gasteiger partial charge in [-0.25, -0.2) is 4.39 Å². The molecule has 224 valence electrons. The molecule has 0 fully saturated rings. The maximum absolute atomic E-state index is 14.0. The van der Waals surface area contributed by atoms with Crippen LogP contribution in [0.2, 0.25) is 0 Å². The minimum Gasteiger partial charge on any atom is -0.428 e. The van der Waals surface area contributed by atoms with Crippen LogP contribution in [0, 0.1) is 0 Å². The first-order valence-corrected chi connectivity index (χ1v) is 9.37. The molecule has 1 aromatic rings. The van der Waals surface area contributed by atoms with Crippen LogP contribution >= 0.6 is 23.2 Å². The third kappa shape index (κ3) is 7.09. The van der Waals surface area contributed by atoms with E-state index in [9.17, 15) is 79.8 Å². The van der Waals surface area contributed by atoms with E-state index in [1.165, 1.54) is 4.74 Å². The quantitative estimate of drug-likeness (QED) is 0.185. The molecule has 0 aromatic heterocycles. The van der Waals surface area contributed by atoms with Crippen molar-refractivity contribution in [3.63, 3.8) is 0 Å². The molecule has 0 aliphatic rings. The fourth-order valence-corrected chi connectivity index (χ4v) is 2.27. The Hall–Kier alpha value is -2.26. The van der Waals surface area contributed by atoms with Crippen LogP contribution in [0.15, 0.2) is 18.2 Å². The van der Waals surface area contributed by atoms with Crippen molar-refractivity contribution in [2.45, 2.75) is 48.8 Å². The molecule has 0 aliphatic heterocycles. The zero-order valence-corrected chi connectivity index (χ0v) is 18.7. The molecule has 2 unspecified atom stereocenters. The minimum absolute atomic E-state index is 0.121. The standard InChI is InChI=1S/C16H4Cl2F16O5/c17-7(35)4-1-5(8(18)36)3-6(2-4)37-10(20,21)9(19)38-16(33,34)12(24,14(28,29)30)39-15(31,32)11(22,23)13(25,26)27/h1-3,9H. The second kappa shape index (κ2) is 10.6. The predicted octanol–water partition coefficient (Wildman–Crippen LogP) is 7.36. The number of carbonyl (C=O) groups is 2. The van der Waals surface area contributed by atoms with Crippen molar-refractivity contribution in [3.8, 4) is 5.75 Å². The summed E-state index contributed by atoms with van der Waals surface area (Å²) in [5.41, 5.74) is -1.87. The molecule has 2 atom stereocenters. The van der Waals surface area contributed by atoms with Gasteiger partial charge in [0, 0.05) is 11.1 Å². The molecule has 39 heavy (non-hydrogen) atoms. The van der Waals surface area contributed by atoms with E-state index >= 15 is 0 Å². The SMILES string of the molecule is O=C(Cl)c1cc(OC(F)(F)C(F)OC(F)(F)C(F)(OC(F)(F)C(F)(F)C(F)(F)F)C(F)(F)F)cc(C(=O)Cl)c1. The Kier molecular flexibility index (Phi) is 9.46. The van der Waals surface area contributed by atoms with E-state index in [-0.39, 0.29) is 12.1 Å². The molecule has 1 aromatic carbocycles. The summed E-state index contributed by atoms with van der Waals surface area (Å²) in [7, 11) is 0. The van der Waals surface area contributed by atoms with Crippen molar-refractivity contribution in [1.29, 1.82) is 0 Å². The Balaban J connectivity index is 3.45. The van der Waals surface area contributed by atoms with Gasteiger partial charge in [-0.2, -0.15) is 65.9 Å². The molecule has 0 bridgehead atoms. The van der Waals surface area contributed by atoms with Gasteiger partial charge in [0.05, 0.1) is 0 Å². The molecule has 0 spiro atoms. The summed E-state index contributed by atoms with van der Waals surface area (Å²) in [4.78, 5) is 22.3. The minimum atomic E-state index is -7.86. The molecule has 23 heteroatoms. The van der Waals surface area contributed by atoms with E-state index in [1.807, 2.05) is 0 Å². The molecular formula is C16H4Cl2F16O5. The molecule has 0 heterocycles. The van der Waals surface area contributed by atoms with Crippen LogP contribution < -0.4 is 4.74 Å². The van der Waals surface area contributed by atoms with E-state index in [0.717, 1.165) is 0 Å². The summed E-state index contributed by atoms with van der Waals surface area (Å²) in [6.45, 7) is 0. The number of rotatable bonds is 11. The van der Waals surface area contributed by atoms with Gasteiger partial charge in [0.1, 0.15) is 5.75 Å². The summed E-state index contributed by atoms with van der Waals surface area (Å²) in [5, 5.41) is -3.10. The third-order valence-corrected chi connectivity index (χ3v) is 4.30. The summed E-state index contributed by atoms with van der Waals surface area (Å²) < 4.78 is 217. The van der Waals surface area contributed by atoms with E-state index < -0.39 is 76.2 Å². The molecule has 0 saturated heterocycles. The van der Waals surface area contributed by atoms with Crippen LogP contribution in [0.25, 0.3) is 0 Å². The van der Waals surface area contributed by atoms with E-state index in [0.29, 0.717) is 6.07 Å². The van der Waals surface area contributed by atoms with Gasteiger partial charge in [0.25, 0.3) is 10.5 Å². The molecule has 0 amide bonds. The van der Waals surface area contributed by atoms with E-state index in [1.54, 1.807) is 0 Å². The Labute approximate surface area is 212 Å². The predicted molar refractivity (Wildman–Crippen MR) is 90.2 cm³/mol.